The van der Waals surface area contributed by atoms with Crippen molar-refractivity contribution < 1.29 is 19.0 Å². The van der Waals surface area contributed by atoms with Crippen LogP contribution in [0.15, 0.2) is 42.5 Å². The van der Waals surface area contributed by atoms with E-state index in [1.54, 1.807) is 12.1 Å². The average molecular weight is 326 g/mol. The van der Waals surface area contributed by atoms with Gasteiger partial charge in [0.25, 0.3) is 0 Å². The molecule has 4 heteroatoms. The highest BCUT2D eigenvalue weighted by Crippen LogP contribution is 2.25. The summed E-state index contributed by atoms with van der Waals surface area (Å²) in [6.45, 7) is 2.43. The molecule has 2 aromatic rings. The zero-order valence-electron chi connectivity index (χ0n) is 13.9. The summed E-state index contributed by atoms with van der Waals surface area (Å²) in [6, 6.07) is 13.1. The number of benzene rings is 2. The molecular formula is C20H22O4. The van der Waals surface area contributed by atoms with Crippen LogP contribution in [0.3, 0.4) is 0 Å². The van der Waals surface area contributed by atoms with Gasteiger partial charge < -0.3 is 14.2 Å². The highest BCUT2D eigenvalue weighted by molar-refractivity contribution is 5.74. The highest BCUT2D eigenvalue weighted by Gasteiger charge is 2.12. The Balaban J connectivity index is 1.52. The van der Waals surface area contributed by atoms with Crippen molar-refractivity contribution >= 4 is 5.97 Å². The molecule has 4 nitrogen and oxygen atoms in total. The number of aryl methyl sites for hydroxylation is 2. The van der Waals surface area contributed by atoms with E-state index in [-0.39, 0.29) is 6.61 Å². The molecule has 0 heterocycles. The van der Waals surface area contributed by atoms with Crippen molar-refractivity contribution in [1.82, 2.24) is 0 Å². The standard InChI is InChI=1S/C20H22O4/c1-2-22-17-9-11-18(12-10-17)23-14-20(21)24-19-8-7-15-5-3-4-6-16(15)13-19/h7-13H,2-6,14H2,1H3. The predicted molar refractivity (Wildman–Crippen MR) is 91.8 cm³/mol. The maximum Gasteiger partial charge on any atom is 0.349 e. The molecule has 2 aromatic carbocycles. The van der Waals surface area contributed by atoms with Crippen LogP contribution in [0.4, 0.5) is 0 Å². The first kappa shape index (κ1) is 16.4. The second-order valence-electron chi connectivity index (χ2n) is 5.80. The summed E-state index contributed by atoms with van der Waals surface area (Å²) < 4.78 is 16.2. The van der Waals surface area contributed by atoms with Gasteiger partial charge >= 0.3 is 5.97 Å². The van der Waals surface area contributed by atoms with E-state index in [0.29, 0.717) is 18.1 Å². The van der Waals surface area contributed by atoms with Crippen LogP contribution in [-0.4, -0.2) is 19.2 Å². The maximum atomic E-state index is 12.0. The fourth-order valence-electron chi connectivity index (χ4n) is 2.88. The molecule has 0 saturated carbocycles. The Morgan fingerprint density at radius 2 is 1.50 bits per heavy atom. The SMILES string of the molecule is CCOc1ccc(OCC(=O)Oc2ccc3c(c2)CCCC3)cc1. The summed E-state index contributed by atoms with van der Waals surface area (Å²) in [7, 11) is 0. The van der Waals surface area contributed by atoms with Crippen LogP contribution in [0, 0.1) is 0 Å². The number of fused-ring (bicyclic) bond motifs is 1. The summed E-state index contributed by atoms with van der Waals surface area (Å²) >= 11 is 0. The first-order valence-electron chi connectivity index (χ1n) is 8.43. The van der Waals surface area contributed by atoms with Crippen molar-refractivity contribution in [3.63, 3.8) is 0 Å². The molecule has 0 fully saturated rings. The fraction of sp³-hybridized carbons (Fsp3) is 0.350. The number of rotatable bonds is 6. The molecule has 0 aliphatic heterocycles. The number of ether oxygens (including phenoxy) is 3. The molecule has 0 bridgehead atoms. The molecule has 126 valence electrons. The third-order valence-electron chi connectivity index (χ3n) is 4.04. The molecule has 24 heavy (non-hydrogen) atoms. The van der Waals surface area contributed by atoms with Crippen molar-refractivity contribution in [3.05, 3.63) is 53.6 Å². The maximum absolute atomic E-state index is 12.0. The van der Waals surface area contributed by atoms with Crippen molar-refractivity contribution in [2.45, 2.75) is 32.6 Å². The minimum absolute atomic E-state index is 0.120. The molecule has 0 radical (unpaired) electrons. The minimum Gasteiger partial charge on any atom is -0.494 e. The number of hydrogen-bond acceptors (Lipinski definition) is 4. The molecule has 0 unspecified atom stereocenters. The quantitative estimate of drug-likeness (QED) is 0.595. The van der Waals surface area contributed by atoms with Crippen LogP contribution >= 0.6 is 0 Å². The van der Waals surface area contributed by atoms with E-state index in [2.05, 4.69) is 6.07 Å². The van der Waals surface area contributed by atoms with Crippen molar-refractivity contribution in [3.8, 4) is 17.2 Å². The van der Waals surface area contributed by atoms with Gasteiger partial charge in [-0.2, -0.15) is 0 Å². The average Bonchev–Trinajstić information content (AvgIpc) is 2.61. The molecule has 0 atom stereocenters. The Hall–Kier alpha value is -2.49. The Kier molecular flexibility index (Phi) is 5.36. The first-order chi connectivity index (χ1) is 11.7. The highest BCUT2D eigenvalue weighted by atomic mass is 16.6. The lowest BCUT2D eigenvalue weighted by Crippen LogP contribution is -2.18. The second kappa shape index (κ2) is 7.86. The molecule has 1 aliphatic carbocycles. The molecule has 1 aliphatic rings. The zero-order chi connectivity index (χ0) is 16.8. The van der Waals surface area contributed by atoms with Crippen molar-refractivity contribution in [1.29, 1.82) is 0 Å². The van der Waals surface area contributed by atoms with Gasteiger partial charge in [-0.25, -0.2) is 4.79 Å². The van der Waals surface area contributed by atoms with Crippen LogP contribution < -0.4 is 14.2 Å². The number of esters is 1. The van der Waals surface area contributed by atoms with Crippen molar-refractivity contribution in [2.24, 2.45) is 0 Å². The van der Waals surface area contributed by atoms with Gasteiger partial charge in [-0.3, -0.25) is 0 Å². The van der Waals surface area contributed by atoms with Gasteiger partial charge in [0.05, 0.1) is 6.61 Å². The van der Waals surface area contributed by atoms with Gasteiger partial charge in [-0.1, -0.05) is 6.07 Å². The van der Waals surface area contributed by atoms with Crippen LogP contribution in [0.1, 0.15) is 30.9 Å². The number of hydrogen-bond donors (Lipinski definition) is 0. The van der Waals surface area contributed by atoms with E-state index in [9.17, 15) is 4.79 Å². The van der Waals surface area contributed by atoms with Crippen LogP contribution in [-0.2, 0) is 17.6 Å². The number of carbonyl (C=O) groups is 1. The molecule has 0 saturated heterocycles. The lowest BCUT2D eigenvalue weighted by atomic mass is 9.92. The summed E-state index contributed by atoms with van der Waals surface area (Å²) in [6.07, 6.45) is 4.61. The van der Waals surface area contributed by atoms with Gasteiger partial charge in [0.2, 0.25) is 0 Å². The van der Waals surface area contributed by atoms with E-state index < -0.39 is 5.97 Å². The normalized spacial score (nSPS) is 13.0. The topological polar surface area (TPSA) is 44.8 Å². The molecule has 0 N–H and O–H groups in total. The van der Waals surface area contributed by atoms with E-state index in [4.69, 9.17) is 14.2 Å². The second-order valence-corrected chi connectivity index (χ2v) is 5.80. The fourth-order valence-corrected chi connectivity index (χ4v) is 2.88. The Labute approximate surface area is 142 Å². The smallest absolute Gasteiger partial charge is 0.349 e. The van der Waals surface area contributed by atoms with E-state index in [1.165, 1.54) is 24.0 Å². The minimum atomic E-state index is -0.403. The van der Waals surface area contributed by atoms with E-state index in [1.807, 2.05) is 31.2 Å². The Bertz CT molecular complexity index is 691. The van der Waals surface area contributed by atoms with Crippen LogP contribution in [0.25, 0.3) is 0 Å². The summed E-state index contributed by atoms with van der Waals surface area (Å²) in [5.74, 6) is 1.58. The number of carbonyl (C=O) groups excluding carboxylic acids is 1. The van der Waals surface area contributed by atoms with E-state index in [0.717, 1.165) is 18.6 Å². The molecule has 0 spiro atoms. The van der Waals surface area contributed by atoms with Gasteiger partial charge in [0, 0.05) is 0 Å². The molecule has 0 amide bonds. The third kappa shape index (κ3) is 4.28. The first-order valence-corrected chi connectivity index (χ1v) is 8.43. The Morgan fingerprint density at radius 1 is 0.875 bits per heavy atom. The van der Waals surface area contributed by atoms with Crippen molar-refractivity contribution in [2.75, 3.05) is 13.2 Å². The van der Waals surface area contributed by atoms with Gasteiger partial charge in [0.1, 0.15) is 17.2 Å². The predicted octanol–water partition coefficient (Wildman–Crippen LogP) is 3.95. The summed E-state index contributed by atoms with van der Waals surface area (Å²) in [4.78, 5) is 12.0. The largest absolute Gasteiger partial charge is 0.494 e. The molecule has 0 aromatic heterocycles. The lowest BCUT2D eigenvalue weighted by molar-refractivity contribution is -0.136. The molecule has 3 rings (SSSR count). The van der Waals surface area contributed by atoms with Crippen LogP contribution in [0.5, 0.6) is 17.2 Å². The third-order valence-corrected chi connectivity index (χ3v) is 4.04. The molecular weight excluding hydrogens is 304 g/mol. The van der Waals surface area contributed by atoms with Crippen LogP contribution in [0.2, 0.25) is 0 Å². The summed E-state index contributed by atoms with van der Waals surface area (Å²) in [5, 5.41) is 0. The Morgan fingerprint density at radius 3 is 2.21 bits per heavy atom. The summed E-state index contributed by atoms with van der Waals surface area (Å²) in [5.41, 5.74) is 2.66. The van der Waals surface area contributed by atoms with Gasteiger partial charge in [0.15, 0.2) is 6.61 Å². The van der Waals surface area contributed by atoms with Gasteiger partial charge in [-0.05, 0) is 80.1 Å². The lowest BCUT2D eigenvalue weighted by Gasteiger charge is -2.16. The van der Waals surface area contributed by atoms with E-state index >= 15 is 0 Å². The monoisotopic (exact) mass is 326 g/mol. The van der Waals surface area contributed by atoms with Gasteiger partial charge in [-0.15, -0.1) is 0 Å². The zero-order valence-corrected chi connectivity index (χ0v) is 13.9.